The second-order valence-electron chi connectivity index (χ2n) is 6.57. The third kappa shape index (κ3) is 2.65. The molecule has 2 rings (SSSR count). The van der Waals surface area contributed by atoms with E-state index in [1.165, 1.54) is 0 Å². The van der Waals surface area contributed by atoms with Gasteiger partial charge in [-0.15, -0.1) is 0 Å². The highest BCUT2D eigenvalue weighted by atomic mass is 16.3. The number of aliphatic hydroxyl groups excluding tert-OH is 1. The van der Waals surface area contributed by atoms with Crippen LogP contribution in [0.3, 0.4) is 0 Å². The van der Waals surface area contributed by atoms with Crippen molar-refractivity contribution in [2.45, 2.75) is 65.0 Å². The average molecular weight is 239 g/mol. The summed E-state index contributed by atoms with van der Waals surface area (Å²) in [5.41, 5.74) is 0.109. The fourth-order valence-corrected chi connectivity index (χ4v) is 3.46. The van der Waals surface area contributed by atoms with Crippen molar-refractivity contribution in [3.8, 4) is 0 Å². The van der Waals surface area contributed by atoms with Gasteiger partial charge in [-0.25, -0.2) is 0 Å². The lowest BCUT2D eigenvalue weighted by Gasteiger charge is -2.40. The fourth-order valence-electron chi connectivity index (χ4n) is 3.46. The van der Waals surface area contributed by atoms with Crippen molar-refractivity contribution in [3.05, 3.63) is 0 Å². The molecule has 0 aromatic carbocycles. The maximum atomic E-state index is 12.1. The number of carbonyl (C=O) groups excluding carboxylic acids is 1. The van der Waals surface area contributed by atoms with Crippen LogP contribution in [0.2, 0.25) is 0 Å². The Kier molecular flexibility index (Phi) is 3.48. The monoisotopic (exact) mass is 239 g/mol. The van der Waals surface area contributed by atoms with Crippen molar-refractivity contribution in [2.24, 2.45) is 11.3 Å². The Morgan fingerprint density at radius 1 is 1.41 bits per heavy atom. The van der Waals surface area contributed by atoms with Crippen molar-refractivity contribution >= 4 is 5.91 Å². The zero-order chi connectivity index (χ0) is 12.6. The third-order valence-corrected chi connectivity index (χ3v) is 4.40. The Balaban J connectivity index is 2.11. The topological polar surface area (TPSA) is 40.5 Å². The largest absolute Gasteiger partial charge is 0.393 e. The van der Waals surface area contributed by atoms with Gasteiger partial charge in [-0.1, -0.05) is 27.2 Å². The Hall–Kier alpha value is -0.570. The molecule has 2 aliphatic rings. The van der Waals surface area contributed by atoms with E-state index in [0.717, 1.165) is 32.2 Å². The van der Waals surface area contributed by atoms with Gasteiger partial charge in [-0.05, 0) is 30.6 Å². The van der Waals surface area contributed by atoms with Crippen LogP contribution in [0.25, 0.3) is 0 Å². The summed E-state index contributed by atoms with van der Waals surface area (Å²) in [6.45, 7) is 7.37. The molecule has 3 unspecified atom stereocenters. The van der Waals surface area contributed by atoms with Gasteiger partial charge in [-0.3, -0.25) is 4.79 Å². The molecule has 1 aliphatic heterocycles. The van der Waals surface area contributed by atoms with E-state index in [1.807, 2.05) is 0 Å². The molecule has 3 nitrogen and oxygen atoms in total. The highest BCUT2D eigenvalue weighted by molar-refractivity contribution is 5.79. The van der Waals surface area contributed by atoms with Crippen LogP contribution < -0.4 is 0 Å². The second-order valence-corrected chi connectivity index (χ2v) is 6.57. The third-order valence-electron chi connectivity index (χ3n) is 4.40. The van der Waals surface area contributed by atoms with Gasteiger partial charge in [0.15, 0.2) is 0 Å². The zero-order valence-corrected chi connectivity index (χ0v) is 11.3. The summed E-state index contributed by atoms with van der Waals surface area (Å²) in [5, 5.41) is 9.83. The summed E-state index contributed by atoms with van der Waals surface area (Å²) in [4.78, 5) is 14.2. The molecule has 1 saturated carbocycles. The van der Waals surface area contributed by atoms with E-state index in [-0.39, 0.29) is 23.5 Å². The lowest BCUT2D eigenvalue weighted by Crippen LogP contribution is -2.46. The molecule has 1 saturated heterocycles. The minimum Gasteiger partial charge on any atom is -0.393 e. The number of rotatable bonds is 2. The van der Waals surface area contributed by atoms with Crippen LogP contribution in [0.5, 0.6) is 0 Å². The van der Waals surface area contributed by atoms with Crippen molar-refractivity contribution in [1.29, 1.82) is 0 Å². The number of amides is 1. The van der Waals surface area contributed by atoms with Gasteiger partial charge in [0, 0.05) is 19.0 Å². The molecule has 1 heterocycles. The Morgan fingerprint density at radius 3 is 2.65 bits per heavy atom. The first-order valence-corrected chi connectivity index (χ1v) is 6.90. The Bertz CT molecular complexity index is 301. The normalized spacial score (nSPS) is 37.5. The molecule has 0 aromatic rings. The van der Waals surface area contributed by atoms with Crippen LogP contribution in [-0.2, 0) is 4.79 Å². The lowest BCUT2D eigenvalue weighted by molar-refractivity contribution is -0.132. The van der Waals surface area contributed by atoms with Crippen LogP contribution in [0, 0.1) is 11.3 Å². The number of likely N-dealkylation sites (tertiary alicyclic amines) is 1. The van der Waals surface area contributed by atoms with E-state index in [4.69, 9.17) is 0 Å². The Morgan fingerprint density at radius 2 is 2.12 bits per heavy atom. The van der Waals surface area contributed by atoms with Crippen LogP contribution >= 0.6 is 0 Å². The molecule has 1 aliphatic carbocycles. The summed E-state index contributed by atoms with van der Waals surface area (Å²) in [6, 6.07) is 0.276. The van der Waals surface area contributed by atoms with Gasteiger partial charge in [0.05, 0.1) is 6.10 Å². The van der Waals surface area contributed by atoms with Crippen LogP contribution in [0.4, 0.5) is 0 Å². The van der Waals surface area contributed by atoms with Crippen LogP contribution in [-0.4, -0.2) is 34.6 Å². The number of nitrogens with zero attached hydrogens (tertiary/aromatic N) is 1. The van der Waals surface area contributed by atoms with Gasteiger partial charge in [0.1, 0.15) is 0 Å². The highest BCUT2D eigenvalue weighted by Crippen LogP contribution is 2.38. The van der Waals surface area contributed by atoms with Gasteiger partial charge in [-0.2, -0.15) is 0 Å². The summed E-state index contributed by atoms with van der Waals surface area (Å²) in [7, 11) is 0. The maximum Gasteiger partial charge on any atom is 0.223 e. The SMILES string of the molecule is CCC1CCC(O)CC1N1CC(C)(C)CC1=O. The number of aliphatic hydroxyl groups is 1. The molecule has 1 N–H and O–H groups in total. The summed E-state index contributed by atoms with van der Waals surface area (Å²) in [5.74, 6) is 0.865. The quantitative estimate of drug-likeness (QED) is 0.802. The van der Waals surface area contributed by atoms with E-state index in [9.17, 15) is 9.90 Å². The predicted molar refractivity (Wildman–Crippen MR) is 67.5 cm³/mol. The number of hydrogen-bond donors (Lipinski definition) is 1. The number of hydrogen-bond acceptors (Lipinski definition) is 2. The molecule has 3 heteroatoms. The maximum absolute atomic E-state index is 12.1. The minimum absolute atomic E-state index is 0.109. The zero-order valence-electron chi connectivity index (χ0n) is 11.3. The van der Waals surface area contributed by atoms with E-state index in [0.29, 0.717) is 12.3 Å². The molecule has 0 aromatic heterocycles. The molecule has 1 amide bonds. The second kappa shape index (κ2) is 4.60. The summed E-state index contributed by atoms with van der Waals surface area (Å²) >= 11 is 0. The molecule has 98 valence electrons. The van der Waals surface area contributed by atoms with Gasteiger partial charge in [0.2, 0.25) is 5.91 Å². The first-order chi connectivity index (χ1) is 7.93. The lowest BCUT2D eigenvalue weighted by atomic mass is 9.80. The molecular formula is C14H25NO2. The standard InChI is InChI=1S/C14H25NO2/c1-4-10-5-6-11(16)7-12(10)15-9-14(2,3)8-13(15)17/h10-12,16H,4-9H2,1-3H3. The van der Waals surface area contributed by atoms with Crippen LogP contribution in [0.1, 0.15) is 52.9 Å². The predicted octanol–water partition coefficient (Wildman–Crippen LogP) is 2.18. The van der Waals surface area contributed by atoms with Gasteiger partial charge < -0.3 is 10.0 Å². The van der Waals surface area contributed by atoms with E-state index in [1.54, 1.807) is 0 Å². The summed E-state index contributed by atoms with van der Waals surface area (Å²) < 4.78 is 0. The van der Waals surface area contributed by atoms with Crippen molar-refractivity contribution in [3.63, 3.8) is 0 Å². The van der Waals surface area contributed by atoms with E-state index < -0.39 is 0 Å². The molecule has 2 fully saturated rings. The first kappa shape index (κ1) is 12.9. The van der Waals surface area contributed by atoms with E-state index >= 15 is 0 Å². The molecular weight excluding hydrogens is 214 g/mol. The molecule has 0 spiro atoms. The van der Waals surface area contributed by atoms with E-state index in [2.05, 4.69) is 25.7 Å². The first-order valence-electron chi connectivity index (χ1n) is 6.90. The summed E-state index contributed by atoms with van der Waals surface area (Å²) in [6.07, 6.45) is 4.31. The molecule has 17 heavy (non-hydrogen) atoms. The van der Waals surface area contributed by atoms with Crippen molar-refractivity contribution in [2.75, 3.05) is 6.54 Å². The molecule has 0 radical (unpaired) electrons. The van der Waals surface area contributed by atoms with Crippen LogP contribution in [0.15, 0.2) is 0 Å². The fraction of sp³-hybridized carbons (Fsp3) is 0.929. The minimum atomic E-state index is -0.209. The highest BCUT2D eigenvalue weighted by Gasteiger charge is 2.42. The molecule has 3 atom stereocenters. The van der Waals surface area contributed by atoms with Crippen molar-refractivity contribution < 1.29 is 9.90 Å². The van der Waals surface area contributed by atoms with Gasteiger partial charge >= 0.3 is 0 Å². The molecule has 0 bridgehead atoms. The number of carbonyl (C=O) groups is 1. The van der Waals surface area contributed by atoms with Gasteiger partial charge in [0.25, 0.3) is 0 Å². The Labute approximate surface area is 104 Å². The smallest absolute Gasteiger partial charge is 0.223 e. The van der Waals surface area contributed by atoms with Crippen molar-refractivity contribution in [1.82, 2.24) is 4.90 Å². The average Bonchev–Trinajstić information content (AvgIpc) is 2.52.